The first kappa shape index (κ1) is 26.7. The molecule has 1 nitrogen and oxygen atoms in total. The Morgan fingerprint density at radius 3 is 1.65 bits per heavy atom. The lowest BCUT2D eigenvalue weighted by molar-refractivity contribution is 0.114. The maximum absolute atomic E-state index is 9.90. The molecule has 0 unspecified atom stereocenters. The van der Waals surface area contributed by atoms with Gasteiger partial charge < -0.3 is 0 Å². The fourth-order valence-corrected chi connectivity index (χ4v) is 6.66. The van der Waals surface area contributed by atoms with Crippen LogP contribution in [0.3, 0.4) is 0 Å². The molecule has 180 valence electrons. The van der Waals surface area contributed by atoms with E-state index < -0.39 is 0 Å². The van der Waals surface area contributed by atoms with Gasteiger partial charge >= 0.3 is 0 Å². The summed E-state index contributed by atoms with van der Waals surface area (Å²) in [4.78, 5) is 0. The van der Waals surface area contributed by atoms with Crippen LogP contribution < -0.4 is 0 Å². The third kappa shape index (κ3) is 10.3. The molecule has 0 N–H and O–H groups in total. The molecular weight excluding hydrogens is 374 g/mol. The third-order valence-electron chi connectivity index (χ3n) is 9.01. The highest BCUT2D eigenvalue weighted by molar-refractivity contribution is 5.02. The van der Waals surface area contributed by atoms with Gasteiger partial charge in [0, 0.05) is 0 Å². The number of rotatable bonds is 16. The molecule has 0 aromatic carbocycles. The van der Waals surface area contributed by atoms with Gasteiger partial charge in [0.1, 0.15) is 0 Å². The van der Waals surface area contributed by atoms with Gasteiger partial charge in [0.05, 0.1) is 11.5 Å². The van der Waals surface area contributed by atoms with Gasteiger partial charge in [-0.1, -0.05) is 117 Å². The lowest BCUT2D eigenvalue weighted by Gasteiger charge is -2.41. The Morgan fingerprint density at radius 1 is 0.613 bits per heavy atom. The molecule has 0 aliphatic heterocycles. The number of nitriles is 1. The molecule has 0 aromatic rings. The van der Waals surface area contributed by atoms with Crippen LogP contribution in [0.4, 0.5) is 0 Å². The second-order valence-corrected chi connectivity index (χ2v) is 11.4. The monoisotopic (exact) mass is 429 g/mol. The zero-order valence-electron chi connectivity index (χ0n) is 21.4. The minimum Gasteiger partial charge on any atom is -0.198 e. The number of hydrogen-bond acceptors (Lipinski definition) is 1. The first-order valence-corrected chi connectivity index (χ1v) is 14.6. The Kier molecular flexibility index (Phi) is 13.9. The zero-order valence-corrected chi connectivity index (χ0v) is 21.4. The summed E-state index contributed by atoms with van der Waals surface area (Å²) in [5.41, 5.74) is 0.0382. The standard InChI is InChI=1S/C30H55N/c1-3-5-7-9-10-11-12-14-16-27-17-19-28(20-18-27)29-21-24-30(26-31,25-22-29)23-15-13-8-6-4-2/h27-29H,3-25H2,1-2H3/t27?,28?,29-,30+. The molecule has 2 aliphatic rings. The minimum atomic E-state index is 0.0382. The van der Waals surface area contributed by atoms with E-state index >= 15 is 0 Å². The lowest BCUT2D eigenvalue weighted by atomic mass is 9.63. The van der Waals surface area contributed by atoms with E-state index in [1.165, 1.54) is 148 Å². The Hall–Kier alpha value is -0.510. The fourth-order valence-electron chi connectivity index (χ4n) is 6.66. The largest absolute Gasteiger partial charge is 0.198 e. The molecule has 2 fully saturated rings. The van der Waals surface area contributed by atoms with E-state index in [-0.39, 0.29) is 5.41 Å². The van der Waals surface area contributed by atoms with Gasteiger partial charge in [0.25, 0.3) is 0 Å². The molecule has 0 atom stereocenters. The van der Waals surface area contributed by atoms with Crippen LogP contribution in [0.15, 0.2) is 0 Å². The molecule has 0 amide bonds. The number of hydrogen-bond donors (Lipinski definition) is 0. The first-order chi connectivity index (χ1) is 15.2. The van der Waals surface area contributed by atoms with Crippen molar-refractivity contribution in [1.82, 2.24) is 0 Å². The van der Waals surface area contributed by atoms with Gasteiger partial charge in [0.2, 0.25) is 0 Å². The maximum atomic E-state index is 9.90. The van der Waals surface area contributed by atoms with Crippen molar-refractivity contribution in [2.45, 2.75) is 162 Å². The predicted molar refractivity (Wildman–Crippen MR) is 136 cm³/mol. The molecule has 2 rings (SSSR count). The van der Waals surface area contributed by atoms with Crippen molar-refractivity contribution in [3.05, 3.63) is 0 Å². The van der Waals surface area contributed by atoms with E-state index in [4.69, 9.17) is 0 Å². The number of nitrogens with zero attached hydrogens (tertiary/aromatic N) is 1. The van der Waals surface area contributed by atoms with E-state index in [0.29, 0.717) is 0 Å². The minimum absolute atomic E-state index is 0.0382. The highest BCUT2D eigenvalue weighted by atomic mass is 14.4. The van der Waals surface area contributed by atoms with Crippen LogP contribution in [0.1, 0.15) is 162 Å². The van der Waals surface area contributed by atoms with Gasteiger partial charge in [-0.2, -0.15) is 5.26 Å². The fraction of sp³-hybridized carbons (Fsp3) is 0.967. The van der Waals surface area contributed by atoms with Gasteiger partial charge in [0.15, 0.2) is 0 Å². The summed E-state index contributed by atoms with van der Waals surface area (Å²) in [5.74, 6) is 2.95. The maximum Gasteiger partial charge on any atom is 0.0689 e. The molecule has 2 saturated carbocycles. The van der Waals surface area contributed by atoms with Crippen LogP contribution in [0.25, 0.3) is 0 Å². The molecular formula is C30H55N. The predicted octanol–water partition coefficient (Wildman–Crippen LogP) is 10.4. The van der Waals surface area contributed by atoms with Crippen LogP contribution in [-0.4, -0.2) is 0 Å². The molecule has 0 radical (unpaired) electrons. The van der Waals surface area contributed by atoms with Crippen molar-refractivity contribution in [2.75, 3.05) is 0 Å². The molecule has 0 bridgehead atoms. The average molecular weight is 430 g/mol. The molecule has 0 saturated heterocycles. The molecule has 0 spiro atoms. The smallest absolute Gasteiger partial charge is 0.0689 e. The van der Waals surface area contributed by atoms with Crippen LogP contribution in [-0.2, 0) is 0 Å². The highest BCUT2D eigenvalue weighted by Gasteiger charge is 2.38. The normalized spacial score (nSPS) is 29.0. The van der Waals surface area contributed by atoms with Crippen molar-refractivity contribution in [1.29, 1.82) is 5.26 Å². The third-order valence-corrected chi connectivity index (χ3v) is 9.01. The molecule has 0 aromatic heterocycles. The van der Waals surface area contributed by atoms with Gasteiger partial charge in [-0.3, -0.25) is 0 Å². The van der Waals surface area contributed by atoms with Crippen molar-refractivity contribution < 1.29 is 0 Å². The second-order valence-electron chi connectivity index (χ2n) is 11.4. The molecule has 1 heteroatoms. The summed E-state index contributed by atoms with van der Waals surface area (Å²) < 4.78 is 0. The van der Waals surface area contributed by atoms with Crippen LogP contribution in [0, 0.1) is 34.5 Å². The molecule has 0 heterocycles. The van der Waals surface area contributed by atoms with Gasteiger partial charge in [-0.15, -0.1) is 0 Å². The van der Waals surface area contributed by atoms with Crippen molar-refractivity contribution in [2.24, 2.45) is 23.2 Å². The first-order valence-electron chi connectivity index (χ1n) is 14.6. The van der Waals surface area contributed by atoms with Crippen LogP contribution in [0.2, 0.25) is 0 Å². The Morgan fingerprint density at radius 2 is 1.10 bits per heavy atom. The van der Waals surface area contributed by atoms with Gasteiger partial charge in [-0.25, -0.2) is 0 Å². The van der Waals surface area contributed by atoms with E-state index in [1.54, 1.807) is 0 Å². The lowest BCUT2D eigenvalue weighted by Crippen LogP contribution is -2.31. The SMILES string of the molecule is CCCCCCCCCCC1CCC([C@H]2CC[C@](C#N)(CCCCCCC)CC2)CC1. The quantitative estimate of drug-likeness (QED) is 0.224. The summed E-state index contributed by atoms with van der Waals surface area (Å²) in [7, 11) is 0. The Bertz CT molecular complexity index is 459. The van der Waals surface area contributed by atoms with E-state index in [9.17, 15) is 5.26 Å². The van der Waals surface area contributed by atoms with Crippen molar-refractivity contribution in [3.8, 4) is 6.07 Å². The summed E-state index contributed by atoms with van der Waals surface area (Å²) in [6.07, 6.45) is 32.0. The van der Waals surface area contributed by atoms with E-state index in [2.05, 4.69) is 19.9 Å². The highest BCUT2D eigenvalue weighted by Crippen LogP contribution is 2.47. The Balaban J connectivity index is 1.54. The molecule has 31 heavy (non-hydrogen) atoms. The van der Waals surface area contributed by atoms with E-state index in [0.717, 1.165) is 17.8 Å². The zero-order chi connectivity index (χ0) is 22.2. The summed E-state index contributed by atoms with van der Waals surface area (Å²) in [6.45, 7) is 4.58. The molecule has 2 aliphatic carbocycles. The average Bonchev–Trinajstić information content (AvgIpc) is 2.81. The summed E-state index contributed by atoms with van der Waals surface area (Å²) in [6, 6.07) is 2.79. The number of unbranched alkanes of at least 4 members (excludes halogenated alkanes) is 11. The summed E-state index contributed by atoms with van der Waals surface area (Å²) in [5, 5.41) is 9.90. The Labute approximate surface area is 196 Å². The van der Waals surface area contributed by atoms with Gasteiger partial charge in [-0.05, 0) is 62.7 Å². The second kappa shape index (κ2) is 16.2. The van der Waals surface area contributed by atoms with E-state index in [1.807, 2.05) is 0 Å². The van der Waals surface area contributed by atoms with Crippen LogP contribution in [0.5, 0.6) is 0 Å². The van der Waals surface area contributed by atoms with Crippen molar-refractivity contribution >= 4 is 0 Å². The topological polar surface area (TPSA) is 23.8 Å². The summed E-state index contributed by atoms with van der Waals surface area (Å²) >= 11 is 0. The van der Waals surface area contributed by atoms with Crippen LogP contribution >= 0.6 is 0 Å². The van der Waals surface area contributed by atoms with Crippen molar-refractivity contribution in [3.63, 3.8) is 0 Å².